The average molecular weight is 592 g/mol. The van der Waals surface area contributed by atoms with Gasteiger partial charge in [0.15, 0.2) is 0 Å². The van der Waals surface area contributed by atoms with E-state index in [-0.39, 0.29) is 24.4 Å². The molecule has 0 saturated carbocycles. The van der Waals surface area contributed by atoms with Crippen LogP contribution in [-0.4, -0.2) is 48.6 Å². The Balaban J connectivity index is 1.82. The summed E-state index contributed by atoms with van der Waals surface area (Å²) in [5, 5.41) is 3.31. The highest BCUT2D eigenvalue weighted by Gasteiger charge is 2.25. The number of rotatable bonds is 15. The molecule has 0 bridgehead atoms. The second-order valence-corrected chi connectivity index (χ2v) is 10.8. The molecule has 3 N–H and O–H groups in total. The zero-order valence-corrected chi connectivity index (χ0v) is 25.5. The molecule has 0 fully saturated rings. The van der Waals surface area contributed by atoms with Crippen molar-refractivity contribution < 1.29 is 23.1 Å². The van der Waals surface area contributed by atoms with Crippen LogP contribution in [0.2, 0.25) is 0 Å². The number of hydrogen-bond donors (Lipinski definition) is 2. The van der Waals surface area contributed by atoms with Crippen LogP contribution in [0.4, 0.5) is 8.78 Å². The minimum Gasteiger partial charge on any atom is -0.456 e. The lowest BCUT2D eigenvalue weighted by Gasteiger charge is -2.25. The Labute approximate surface area is 253 Å². The van der Waals surface area contributed by atoms with E-state index in [0.717, 1.165) is 35.6 Å². The fourth-order valence-electron chi connectivity index (χ4n) is 5.04. The van der Waals surface area contributed by atoms with Crippen molar-refractivity contribution >= 4 is 18.0 Å². The Morgan fingerprint density at radius 1 is 0.953 bits per heavy atom. The summed E-state index contributed by atoms with van der Waals surface area (Å²) in [5.74, 6) is -2.17. The number of allylic oxidation sites excluding steroid dienone is 1. The average Bonchev–Trinajstić information content (AvgIpc) is 2.95. The fourth-order valence-corrected chi connectivity index (χ4v) is 5.04. The summed E-state index contributed by atoms with van der Waals surface area (Å²) in [6.07, 6.45) is 4.89. The van der Waals surface area contributed by atoms with Crippen molar-refractivity contribution in [3.63, 3.8) is 0 Å². The van der Waals surface area contributed by atoms with Gasteiger partial charge in [-0.25, -0.2) is 13.6 Å². The van der Waals surface area contributed by atoms with Crippen molar-refractivity contribution in [3.05, 3.63) is 112 Å². The lowest BCUT2D eigenvalue weighted by atomic mass is 10.0. The lowest BCUT2D eigenvalue weighted by Crippen LogP contribution is -2.46. The monoisotopic (exact) mass is 591 g/mol. The first-order valence-electron chi connectivity index (χ1n) is 14.9. The molecule has 0 radical (unpaired) electrons. The molecule has 1 amide bonds. The van der Waals surface area contributed by atoms with Crippen LogP contribution >= 0.6 is 0 Å². The Morgan fingerprint density at radius 3 is 2.28 bits per heavy atom. The van der Waals surface area contributed by atoms with Crippen molar-refractivity contribution in [3.8, 4) is 0 Å². The van der Waals surface area contributed by atoms with E-state index in [0.29, 0.717) is 30.8 Å². The van der Waals surface area contributed by atoms with Crippen LogP contribution in [0.1, 0.15) is 76.6 Å². The van der Waals surface area contributed by atoms with Gasteiger partial charge in [-0.2, -0.15) is 0 Å². The van der Waals surface area contributed by atoms with Crippen LogP contribution in [-0.2, 0) is 17.7 Å². The summed E-state index contributed by atoms with van der Waals surface area (Å²) in [4.78, 5) is 28.5. The molecule has 3 rings (SSSR count). The number of hydrogen-bond acceptors (Lipinski definition) is 5. The van der Waals surface area contributed by atoms with Crippen molar-refractivity contribution in [2.75, 3.05) is 19.6 Å². The lowest BCUT2D eigenvalue weighted by molar-refractivity contribution is 0.0238. The smallest absolute Gasteiger partial charge is 0.338 e. The molecule has 2 atom stereocenters. The first kappa shape index (κ1) is 33.6. The van der Waals surface area contributed by atoms with Gasteiger partial charge in [-0.1, -0.05) is 50.3 Å². The van der Waals surface area contributed by atoms with Crippen LogP contribution in [0.25, 0.3) is 6.08 Å². The first-order valence-corrected chi connectivity index (χ1v) is 14.9. The van der Waals surface area contributed by atoms with Gasteiger partial charge in [0, 0.05) is 43.9 Å². The summed E-state index contributed by atoms with van der Waals surface area (Å²) >= 11 is 0. The molecule has 3 aromatic rings. The van der Waals surface area contributed by atoms with Gasteiger partial charge in [0.05, 0.1) is 5.56 Å². The van der Waals surface area contributed by atoms with E-state index in [1.165, 1.54) is 12.1 Å². The Bertz CT molecular complexity index is 1380. The number of carbonyl (C=O) groups excluding carboxylic acids is 2. The standard InChI is InChI=1S/C35H43F2N3O3/c1-5-9-25-10-8-11-26(16-25)22-39-23-33(32(38)19-27-17-30(36)21-31(37)18-27)43-35(42)29-15-24(4)14-28(20-29)34(41)40(12-6-2)13-7-3/h5,8-11,14-18,20-21,32-33,39H,6-7,12-13,19,22-23,38H2,1-4H3/b9-5-/t32-,33+/m0/s1. The van der Waals surface area contributed by atoms with Gasteiger partial charge in [-0.3, -0.25) is 4.79 Å². The summed E-state index contributed by atoms with van der Waals surface area (Å²) in [5.41, 5.74) is 10.4. The minimum absolute atomic E-state index is 0.0889. The predicted octanol–water partition coefficient (Wildman–Crippen LogP) is 6.45. The van der Waals surface area contributed by atoms with Gasteiger partial charge in [0.25, 0.3) is 5.91 Å². The zero-order chi connectivity index (χ0) is 31.4. The molecule has 6 nitrogen and oxygen atoms in total. The zero-order valence-electron chi connectivity index (χ0n) is 25.5. The number of nitrogens with one attached hydrogen (secondary N) is 1. The van der Waals surface area contributed by atoms with Crippen molar-refractivity contribution in [1.29, 1.82) is 0 Å². The molecule has 43 heavy (non-hydrogen) atoms. The van der Waals surface area contributed by atoms with E-state index < -0.39 is 29.7 Å². The summed E-state index contributed by atoms with van der Waals surface area (Å²) in [6.45, 7) is 9.76. The van der Waals surface area contributed by atoms with E-state index in [4.69, 9.17) is 10.5 Å². The number of benzene rings is 3. The van der Waals surface area contributed by atoms with Gasteiger partial charge in [-0.15, -0.1) is 0 Å². The van der Waals surface area contributed by atoms with Crippen molar-refractivity contribution in [2.24, 2.45) is 5.73 Å². The maximum Gasteiger partial charge on any atom is 0.338 e. The SMILES string of the molecule is C/C=C\c1cccc(CNC[C@@H](OC(=O)c2cc(C)cc(C(=O)N(CCC)CCC)c2)[C@@H](N)Cc2cc(F)cc(F)c2)c1. The Hall–Kier alpha value is -3.88. The number of amides is 1. The van der Waals surface area contributed by atoms with Crippen LogP contribution in [0.3, 0.4) is 0 Å². The van der Waals surface area contributed by atoms with Crippen LogP contribution in [0, 0.1) is 18.6 Å². The van der Waals surface area contributed by atoms with Gasteiger partial charge in [-0.05, 0) is 85.7 Å². The molecule has 0 spiro atoms. The maximum absolute atomic E-state index is 13.9. The number of carbonyl (C=O) groups is 2. The molecule has 0 aromatic heterocycles. The molecule has 0 aliphatic rings. The Kier molecular flexibility index (Phi) is 13.0. The molecule has 0 heterocycles. The largest absolute Gasteiger partial charge is 0.456 e. The number of nitrogens with zero attached hydrogens (tertiary/aromatic N) is 1. The second-order valence-electron chi connectivity index (χ2n) is 10.8. The Morgan fingerprint density at radius 2 is 1.63 bits per heavy atom. The van der Waals surface area contributed by atoms with E-state index in [1.54, 1.807) is 23.1 Å². The van der Waals surface area contributed by atoms with E-state index in [2.05, 4.69) is 11.4 Å². The van der Waals surface area contributed by atoms with Crippen molar-refractivity contribution in [1.82, 2.24) is 10.2 Å². The summed E-state index contributed by atoms with van der Waals surface area (Å²) in [6, 6.07) is 15.5. The van der Waals surface area contributed by atoms with Gasteiger partial charge < -0.3 is 20.7 Å². The first-order chi connectivity index (χ1) is 20.6. The molecular formula is C35H43F2N3O3. The number of aryl methyl sites for hydroxylation is 1. The van der Waals surface area contributed by atoms with Gasteiger partial charge in [0.2, 0.25) is 0 Å². The predicted molar refractivity (Wildman–Crippen MR) is 168 cm³/mol. The number of halogens is 2. The highest BCUT2D eigenvalue weighted by Crippen LogP contribution is 2.17. The minimum atomic E-state index is -0.825. The fraction of sp³-hybridized carbons (Fsp3) is 0.371. The van der Waals surface area contributed by atoms with Gasteiger partial charge in [0.1, 0.15) is 17.7 Å². The summed E-state index contributed by atoms with van der Waals surface area (Å²) < 4.78 is 33.7. The molecule has 0 aliphatic heterocycles. The molecule has 0 saturated heterocycles. The van der Waals surface area contributed by atoms with E-state index in [1.807, 2.05) is 58.0 Å². The quantitative estimate of drug-likeness (QED) is 0.198. The molecule has 8 heteroatoms. The molecule has 230 valence electrons. The van der Waals surface area contributed by atoms with Crippen LogP contribution in [0.15, 0.2) is 66.7 Å². The number of ether oxygens (including phenoxy) is 1. The van der Waals surface area contributed by atoms with Crippen LogP contribution in [0.5, 0.6) is 0 Å². The topological polar surface area (TPSA) is 84.7 Å². The second kappa shape index (κ2) is 16.7. The maximum atomic E-state index is 13.9. The third kappa shape index (κ3) is 10.4. The van der Waals surface area contributed by atoms with E-state index >= 15 is 0 Å². The summed E-state index contributed by atoms with van der Waals surface area (Å²) in [7, 11) is 0. The normalized spacial score (nSPS) is 12.7. The van der Waals surface area contributed by atoms with Crippen molar-refractivity contribution in [2.45, 2.75) is 65.6 Å². The molecule has 0 unspecified atom stereocenters. The van der Waals surface area contributed by atoms with Gasteiger partial charge >= 0.3 is 5.97 Å². The highest BCUT2D eigenvalue weighted by molar-refractivity contribution is 5.98. The number of nitrogens with two attached hydrogens (primary N) is 1. The number of esters is 1. The molecular weight excluding hydrogens is 548 g/mol. The van der Waals surface area contributed by atoms with E-state index in [9.17, 15) is 18.4 Å². The molecule has 0 aliphatic carbocycles. The third-order valence-electron chi connectivity index (χ3n) is 6.95. The molecule has 3 aromatic carbocycles. The van der Waals surface area contributed by atoms with Crippen LogP contribution < -0.4 is 11.1 Å². The highest BCUT2D eigenvalue weighted by atomic mass is 19.1. The third-order valence-corrected chi connectivity index (χ3v) is 6.95.